The Labute approximate surface area is 120 Å². The first-order valence-electron chi connectivity index (χ1n) is 5.53. The maximum atomic E-state index is 12.2. The molecule has 5 nitrogen and oxygen atoms in total. The fourth-order valence-corrected chi connectivity index (χ4v) is 2.53. The number of halogens is 1. The minimum absolute atomic E-state index is 0.197. The van der Waals surface area contributed by atoms with Crippen LogP contribution in [-0.4, -0.2) is 30.6 Å². The summed E-state index contributed by atoms with van der Waals surface area (Å²) in [5.74, 6) is -0.197. The Kier molecular flexibility index (Phi) is 3.30. The van der Waals surface area contributed by atoms with Gasteiger partial charge in [-0.25, -0.2) is 8.42 Å². The zero-order valence-corrected chi connectivity index (χ0v) is 13.1. The lowest BCUT2D eigenvalue weighted by Gasteiger charge is -2.17. The number of hydrogen-bond donors (Lipinski definition) is 0. The van der Waals surface area contributed by atoms with Crippen molar-refractivity contribution in [3.05, 3.63) is 24.3 Å². The van der Waals surface area contributed by atoms with E-state index in [2.05, 4.69) is 21.0 Å². The van der Waals surface area contributed by atoms with Gasteiger partial charge >= 0.3 is 0 Å². The van der Waals surface area contributed by atoms with Gasteiger partial charge in [-0.2, -0.15) is 10.1 Å². The molecule has 0 radical (unpaired) electrons. The Morgan fingerprint density at radius 3 is 2.16 bits per heavy atom. The molecule has 2 rings (SSSR count). The van der Waals surface area contributed by atoms with Gasteiger partial charge in [0.1, 0.15) is 4.32 Å². The van der Waals surface area contributed by atoms with E-state index in [1.165, 1.54) is 17.1 Å². The Balaban J connectivity index is 2.38. The van der Waals surface area contributed by atoms with Crippen LogP contribution in [0.3, 0.4) is 0 Å². The molecule has 0 saturated carbocycles. The van der Waals surface area contributed by atoms with Crippen molar-refractivity contribution in [3.63, 3.8) is 0 Å². The van der Waals surface area contributed by atoms with Crippen LogP contribution in [0.4, 0.5) is 5.69 Å². The van der Waals surface area contributed by atoms with Gasteiger partial charge in [0.05, 0.1) is 16.3 Å². The predicted octanol–water partition coefficient (Wildman–Crippen LogP) is 1.97. The van der Waals surface area contributed by atoms with Gasteiger partial charge in [-0.1, -0.05) is 15.9 Å². The third-order valence-electron chi connectivity index (χ3n) is 3.03. The van der Waals surface area contributed by atoms with Gasteiger partial charge in [-0.15, -0.1) is 0 Å². The van der Waals surface area contributed by atoms with Gasteiger partial charge in [0, 0.05) is 6.26 Å². The molecule has 1 amide bonds. The van der Waals surface area contributed by atoms with E-state index in [0.717, 1.165) is 6.26 Å². The topological polar surface area (TPSA) is 66.8 Å². The van der Waals surface area contributed by atoms with Crippen LogP contribution in [0.15, 0.2) is 34.3 Å². The van der Waals surface area contributed by atoms with Crippen LogP contribution in [-0.2, 0) is 14.6 Å². The zero-order chi connectivity index (χ0) is 14.4. The molecule has 7 heteroatoms. The van der Waals surface area contributed by atoms with E-state index in [1.54, 1.807) is 26.0 Å². The summed E-state index contributed by atoms with van der Waals surface area (Å²) in [7, 11) is -3.24. The van der Waals surface area contributed by atoms with Gasteiger partial charge < -0.3 is 0 Å². The van der Waals surface area contributed by atoms with Crippen molar-refractivity contribution in [1.29, 1.82) is 0 Å². The Bertz CT molecular complexity index is 663. The summed E-state index contributed by atoms with van der Waals surface area (Å²) in [5, 5.41) is 5.46. The van der Waals surface area contributed by atoms with Crippen molar-refractivity contribution in [2.24, 2.45) is 5.10 Å². The molecule has 1 aromatic rings. The van der Waals surface area contributed by atoms with Crippen molar-refractivity contribution >= 4 is 43.1 Å². The number of sulfone groups is 1. The van der Waals surface area contributed by atoms with Gasteiger partial charge in [0.25, 0.3) is 5.91 Å². The molecule has 0 saturated heterocycles. The summed E-state index contributed by atoms with van der Waals surface area (Å²) >= 11 is 3.34. The molecule has 1 aliphatic rings. The van der Waals surface area contributed by atoms with E-state index in [0.29, 0.717) is 11.4 Å². The summed E-state index contributed by atoms with van der Waals surface area (Å²) < 4.78 is 21.9. The molecule has 0 N–H and O–H groups in total. The normalized spacial score (nSPS) is 23.7. The van der Waals surface area contributed by atoms with Crippen LogP contribution in [0.1, 0.15) is 13.8 Å². The van der Waals surface area contributed by atoms with E-state index >= 15 is 0 Å². The number of alkyl halides is 1. The Morgan fingerprint density at radius 2 is 1.79 bits per heavy atom. The minimum Gasteiger partial charge on any atom is -0.270 e. The molecule has 1 heterocycles. The number of amides is 1. The number of hydrogen-bond acceptors (Lipinski definition) is 4. The molecule has 1 aliphatic heterocycles. The molecule has 1 unspecified atom stereocenters. The molecule has 102 valence electrons. The van der Waals surface area contributed by atoms with E-state index in [1.807, 2.05) is 0 Å². The molecular formula is C12H13BrN2O3S. The SMILES string of the molecule is CC1=NN(c2ccc(S(C)(=O)=O)cc2)C(=O)C1(C)Br. The Morgan fingerprint density at radius 1 is 1.26 bits per heavy atom. The van der Waals surface area contributed by atoms with E-state index < -0.39 is 14.2 Å². The third kappa shape index (κ3) is 2.44. The number of carbonyl (C=O) groups is 1. The molecule has 19 heavy (non-hydrogen) atoms. The van der Waals surface area contributed by atoms with Gasteiger partial charge in [0.15, 0.2) is 9.84 Å². The second-order valence-electron chi connectivity index (χ2n) is 4.57. The van der Waals surface area contributed by atoms with Crippen molar-refractivity contribution in [2.45, 2.75) is 23.1 Å². The van der Waals surface area contributed by atoms with E-state index in [9.17, 15) is 13.2 Å². The van der Waals surface area contributed by atoms with Gasteiger partial charge in [-0.3, -0.25) is 4.79 Å². The maximum Gasteiger partial charge on any atom is 0.269 e. The first kappa shape index (κ1) is 14.2. The van der Waals surface area contributed by atoms with Crippen LogP contribution in [0, 0.1) is 0 Å². The fourth-order valence-electron chi connectivity index (χ4n) is 1.65. The number of hydrazone groups is 1. The van der Waals surface area contributed by atoms with Crippen molar-refractivity contribution in [2.75, 3.05) is 11.3 Å². The van der Waals surface area contributed by atoms with Crippen molar-refractivity contribution in [3.8, 4) is 0 Å². The number of rotatable bonds is 2. The molecule has 0 aliphatic carbocycles. The summed E-state index contributed by atoms with van der Waals surface area (Å²) in [4.78, 5) is 12.4. The molecule has 0 fully saturated rings. The maximum absolute atomic E-state index is 12.2. The smallest absolute Gasteiger partial charge is 0.269 e. The van der Waals surface area contributed by atoms with Crippen LogP contribution in [0.25, 0.3) is 0 Å². The molecular weight excluding hydrogens is 332 g/mol. The predicted molar refractivity (Wildman–Crippen MR) is 77.5 cm³/mol. The minimum atomic E-state index is -3.24. The molecule has 0 bridgehead atoms. The second-order valence-corrected chi connectivity index (χ2v) is 8.17. The summed E-state index contributed by atoms with van der Waals surface area (Å²) in [6.45, 7) is 3.50. The largest absolute Gasteiger partial charge is 0.270 e. The number of benzene rings is 1. The average molecular weight is 345 g/mol. The fraction of sp³-hybridized carbons (Fsp3) is 0.333. The van der Waals surface area contributed by atoms with Gasteiger partial charge in [0.2, 0.25) is 0 Å². The van der Waals surface area contributed by atoms with Crippen molar-refractivity contribution in [1.82, 2.24) is 0 Å². The molecule has 0 spiro atoms. The number of anilines is 1. The van der Waals surface area contributed by atoms with Crippen LogP contribution < -0.4 is 5.01 Å². The highest BCUT2D eigenvalue weighted by Crippen LogP contribution is 2.32. The highest BCUT2D eigenvalue weighted by Gasteiger charge is 2.43. The molecule has 1 atom stereocenters. The lowest BCUT2D eigenvalue weighted by Crippen LogP contribution is -2.37. The summed E-state index contributed by atoms with van der Waals surface area (Å²) in [6.07, 6.45) is 1.14. The van der Waals surface area contributed by atoms with Crippen LogP contribution in [0.2, 0.25) is 0 Å². The average Bonchev–Trinajstić information content (AvgIpc) is 2.52. The van der Waals surface area contributed by atoms with Gasteiger partial charge in [-0.05, 0) is 38.1 Å². The molecule has 0 aromatic heterocycles. The lowest BCUT2D eigenvalue weighted by atomic mass is 10.1. The summed E-state index contributed by atoms with van der Waals surface area (Å²) in [5.41, 5.74) is 1.20. The van der Waals surface area contributed by atoms with Crippen LogP contribution in [0.5, 0.6) is 0 Å². The highest BCUT2D eigenvalue weighted by molar-refractivity contribution is 9.10. The number of carbonyl (C=O) groups excluding carboxylic acids is 1. The monoisotopic (exact) mass is 344 g/mol. The lowest BCUT2D eigenvalue weighted by molar-refractivity contribution is -0.118. The first-order valence-corrected chi connectivity index (χ1v) is 8.22. The number of nitrogens with zero attached hydrogens (tertiary/aromatic N) is 2. The third-order valence-corrected chi connectivity index (χ3v) is 5.07. The zero-order valence-electron chi connectivity index (χ0n) is 10.7. The van der Waals surface area contributed by atoms with E-state index in [-0.39, 0.29) is 10.8 Å². The first-order chi connectivity index (χ1) is 8.64. The van der Waals surface area contributed by atoms with E-state index in [4.69, 9.17) is 0 Å². The standard InChI is InChI=1S/C12H13BrN2O3S/c1-8-12(2,13)11(16)15(14-8)9-4-6-10(7-5-9)19(3,17)18/h4-7H,1-3H3. The van der Waals surface area contributed by atoms with Crippen LogP contribution >= 0.6 is 15.9 Å². The van der Waals surface area contributed by atoms with Crippen molar-refractivity contribution < 1.29 is 13.2 Å². The quantitative estimate of drug-likeness (QED) is 0.770. The Hall–Kier alpha value is -1.21. The second kappa shape index (κ2) is 4.42. The molecule has 1 aromatic carbocycles. The summed E-state index contributed by atoms with van der Waals surface area (Å²) in [6, 6.07) is 6.07. The highest BCUT2D eigenvalue weighted by atomic mass is 79.9.